The number of ketones is 1. The number of Topliss-reactive ketones (excluding diaryl/α,β-unsaturated/α-hetero) is 1. The summed E-state index contributed by atoms with van der Waals surface area (Å²) in [6, 6.07) is 19.7. The number of carbonyl (C=O) groups excluding carboxylic acids is 1. The Kier molecular flexibility index (Phi) is 4.61. The van der Waals surface area contributed by atoms with Crippen LogP contribution >= 0.6 is 6.83 Å². The summed E-state index contributed by atoms with van der Waals surface area (Å²) >= 11 is 0. The molecule has 0 heterocycles. The number of hydrogen-bond acceptors (Lipinski definition) is 2. The van der Waals surface area contributed by atoms with Crippen LogP contribution in [0.15, 0.2) is 60.7 Å². The van der Waals surface area contributed by atoms with Gasteiger partial charge in [-0.15, -0.1) is 0 Å². The maximum atomic E-state index is 12.1. The van der Waals surface area contributed by atoms with Gasteiger partial charge >= 0.3 is 126 Å². The molecule has 0 radical (unpaired) electrons. The fourth-order valence-corrected chi connectivity index (χ4v) is 4.30. The van der Waals surface area contributed by atoms with E-state index >= 15 is 0 Å². The van der Waals surface area contributed by atoms with Gasteiger partial charge in [0.2, 0.25) is 0 Å². The van der Waals surface area contributed by atoms with Crippen molar-refractivity contribution >= 4 is 17.9 Å². The molecule has 0 aliphatic carbocycles. The van der Waals surface area contributed by atoms with E-state index in [4.69, 9.17) is 4.52 Å². The minimum atomic E-state index is -2.38. The van der Waals surface area contributed by atoms with Crippen LogP contribution in [0, 0.1) is 0 Å². The Morgan fingerprint density at radius 1 is 0.905 bits per heavy atom. The van der Waals surface area contributed by atoms with E-state index in [-0.39, 0.29) is 5.78 Å². The zero-order valence-corrected chi connectivity index (χ0v) is 13.8. The van der Waals surface area contributed by atoms with E-state index in [2.05, 4.69) is 32.1 Å². The van der Waals surface area contributed by atoms with Crippen LogP contribution < -0.4 is 5.30 Å². The Hall–Kier alpha value is -1.50. The molecule has 2 aromatic carbocycles. The van der Waals surface area contributed by atoms with Crippen molar-refractivity contribution < 1.29 is 9.32 Å². The van der Waals surface area contributed by atoms with Gasteiger partial charge in [-0.3, -0.25) is 0 Å². The van der Waals surface area contributed by atoms with Gasteiger partial charge in [0.15, 0.2) is 0 Å². The van der Waals surface area contributed by atoms with Crippen LogP contribution in [-0.4, -0.2) is 32.4 Å². The first-order valence-corrected chi connectivity index (χ1v) is 10.7. The van der Waals surface area contributed by atoms with Gasteiger partial charge in [0.05, 0.1) is 0 Å². The molecule has 0 aliphatic heterocycles. The molecule has 0 spiro atoms. The van der Waals surface area contributed by atoms with Gasteiger partial charge in [-0.1, -0.05) is 0 Å². The summed E-state index contributed by atoms with van der Waals surface area (Å²) < 4.78 is 6.20. The van der Waals surface area contributed by atoms with Crippen molar-refractivity contribution in [1.29, 1.82) is 0 Å². The second-order valence-corrected chi connectivity index (χ2v) is 12.4. The summed E-state index contributed by atoms with van der Waals surface area (Å²) in [6.45, 7) is 4.61. The van der Waals surface area contributed by atoms with Crippen molar-refractivity contribution in [1.82, 2.24) is 0 Å². The molecule has 3 heteroatoms. The summed E-state index contributed by atoms with van der Waals surface area (Å²) in [5.74, 6) is 0.135. The van der Waals surface area contributed by atoms with Gasteiger partial charge in [-0.2, -0.15) is 0 Å². The summed E-state index contributed by atoms with van der Waals surface area (Å²) in [5.41, 5.74) is 0.754. The van der Waals surface area contributed by atoms with Crippen LogP contribution in [0.4, 0.5) is 0 Å². The Labute approximate surface area is 127 Å². The monoisotopic (exact) mass is 302 g/mol. The van der Waals surface area contributed by atoms with Gasteiger partial charge in [0, 0.05) is 0 Å². The summed E-state index contributed by atoms with van der Waals surface area (Å²) in [4.78, 5) is 12.1. The third kappa shape index (κ3) is 4.23. The first kappa shape index (κ1) is 15.9. The van der Waals surface area contributed by atoms with Gasteiger partial charge < -0.3 is 0 Å². The van der Waals surface area contributed by atoms with Gasteiger partial charge in [0.1, 0.15) is 0 Å². The van der Waals surface area contributed by atoms with E-state index in [9.17, 15) is 4.79 Å². The topological polar surface area (TPSA) is 26.3 Å². The van der Waals surface area contributed by atoms with Crippen LogP contribution in [-0.2, 0) is 4.52 Å². The molecule has 0 fully saturated rings. The summed E-state index contributed by atoms with van der Waals surface area (Å²) in [6.07, 6.45) is 0.421. The molecule has 0 saturated heterocycles. The third-order valence-corrected chi connectivity index (χ3v) is 6.75. The van der Waals surface area contributed by atoms with Crippen molar-refractivity contribution in [3.8, 4) is 0 Å². The summed E-state index contributed by atoms with van der Waals surface area (Å²) in [5, 5.41) is 1.23. The van der Waals surface area contributed by atoms with Crippen LogP contribution in [0.25, 0.3) is 0 Å². The van der Waals surface area contributed by atoms with Crippen molar-refractivity contribution in [2.45, 2.75) is 6.42 Å². The van der Waals surface area contributed by atoms with E-state index in [1.54, 1.807) is 0 Å². The molecule has 0 unspecified atom stereocenters. The fraction of sp³-hybridized carbons (Fsp3) is 0.278. The van der Waals surface area contributed by atoms with E-state index < -0.39 is 6.83 Å². The molecule has 0 amide bonds. The second-order valence-electron chi connectivity index (χ2n) is 6.36. The van der Waals surface area contributed by atoms with E-state index in [1.165, 1.54) is 5.30 Å². The molecule has 2 nitrogen and oxygen atoms in total. The van der Waals surface area contributed by atoms with E-state index in [0.29, 0.717) is 13.0 Å². The van der Waals surface area contributed by atoms with Crippen LogP contribution in [0.1, 0.15) is 16.8 Å². The Morgan fingerprint density at radius 2 is 1.43 bits per heavy atom. The molecule has 21 heavy (non-hydrogen) atoms. The predicted molar refractivity (Wildman–Crippen MR) is 92.1 cm³/mol. The third-order valence-electron chi connectivity index (χ3n) is 3.60. The zero-order valence-electron chi connectivity index (χ0n) is 13.0. The molecule has 0 aromatic heterocycles. The van der Waals surface area contributed by atoms with Crippen LogP contribution in [0.5, 0.6) is 0 Å². The first-order valence-electron chi connectivity index (χ1n) is 7.17. The quantitative estimate of drug-likeness (QED) is 0.596. The standard InChI is InChI=1S/C18H23O2P/c1-21(2,3,17-12-8-5-9-13-17)20-15-14-18(19)16-10-6-4-7-11-16/h4-13H,14-15H2,1-3H3. The van der Waals surface area contributed by atoms with Crippen LogP contribution in [0.2, 0.25) is 0 Å². The van der Waals surface area contributed by atoms with Crippen molar-refractivity contribution in [3.63, 3.8) is 0 Å². The van der Waals surface area contributed by atoms with Crippen molar-refractivity contribution in [2.75, 3.05) is 26.6 Å². The van der Waals surface area contributed by atoms with Gasteiger partial charge in [-0.25, -0.2) is 0 Å². The number of hydrogen-bond donors (Lipinski definition) is 0. The van der Waals surface area contributed by atoms with Crippen LogP contribution in [0.3, 0.4) is 0 Å². The number of benzene rings is 2. The number of carbonyl (C=O) groups is 1. The Bertz CT molecular complexity index is 597. The van der Waals surface area contributed by atoms with Gasteiger partial charge in [0.25, 0.3) is 0 Å². The predicted octanol–water partition coefficient (Wildman–Crippen LogP) is 3.96. The molecule has 0 saturated carbocycles. The Morgan fingerprint density at radius 3 is 2.00 bits per heavy atom. The first-order chi connectivity index (χ1) is 9.87. The molecule has 0 N–H and O–H groups in total. The molecule has 2 rings (SSSR count). The minimum absolute atomic E-state index is 0.135. The molecular formula is C18H23O2P. The van der Waals surface area contributed by atoms with Crippen molar-refractivity contribution in [2.24, 2.45) is 0 Å². The second kappa shape index (κ2) is 6.09. The SMILES string of the molecule is CP(C)(C)(OCCC(=O)c1ccccc1)c1ccccc1. The van der Waals surface area contributed by atoms with E-state index in [0.717, 1.165) is 5.56 Å². The molecular weight excluding hydrogens is 279 g/mol. The zero-order chi connectivity index (χ0) is 15.4. The van der Waals surface area contributed by atoms with Gasteiger partial charge in [-0.05, 0) is 0 Å². The average molecular weight is 302 g/mol. The fourth-order valence-electron chi connectivity index (χ4n) is 2.24. The number of rotatable bonds is 6. The summed E-state index contributed by atoms with van der Waals surface area (Å²) in [7, 11) is 0. The molecule has 0 bridgehead atoms. The molecule has 2 aromatic rings. The maximum absolute atomic E-state index is 12.1. The normalized spacial score (nSPS) is 13.4. The average Bonchev–Trinajstić information content (AvgIpc) is 2.48. The molecule has 112 valence electrons. The van der Waals surface area contributed by atoms with Crippen molar-refractivity contribution in [3.05, 3.63) is 66.2 Å². The van der Waals surface area contributed by atoms with E-state index in [1.807, 2.05) is 48.5 Å². The Balaban J connectivity index is 1.98. The molecule has 0 aliphatic rings. The molecule has 0 atom stereocenters.